The molecule has 0 spiro atoms. The van der Waals surface area contributed by atoms with Gasteiger partial charge in [0, 0.05) is 34.6 Å². The Balaban J connectivity index is 1.32. The van der Waals surface area contributed by atoms with E-state index in [1.165, 1.54) is 12.1 Å². The van der Waals surface area contributed by atoms with Crippen LogP contribution in [-0.4, -0.2) is 33.0 Å². The Kier molecular flexibility index (Phi) is 6.87. The summed E-state index contributed by atoms with van der Waals surface area (Å²) in [5.41, 5.74) is 2.31. The number of nitrogens with one attached hydrogen (secondary N) is 2. The number of nitriles is 1. The lowest BCUT2D eigenvalue weighted by molar-refractivity contribution is -0.139. The third kappa shape index (κ3) is 5.44. The van der Waals surface area contributed by atoms with Crippen LogP contribution in [0.15, 0.2) is 67.1 Å². The molecule has 5 rings (SSSR count). The molecule has 0 radical (unpaired) electrons. The highest BCUT2D eigenvalue weighted by atomic mass is 19.4. The van der Waals surface area contributed by atoms with Crippen LogP contribution in [0.4, 0.5) is 23.2 Å². The number of H-pyrrole nitrogens is 1. The number of ether oxygens (including phenoxy) is 1. The van der Waals surface area contributed by atoms with E-state index < -0.39 is 35.8 Å². The monoisotopic (exact) mass is 546 g/mol. The lowest BCUT2D eigenvalue weighted by atomic mass is 10.0. The minimum absolute atomic E-state index is 0.0602. The van der Waals surface area contributed by atoms with Crippen molar-refractivity contribution in [2.75, 3.05) is 12.4 Å². The van der Waals surface area contributed by atoms with Crippen LogP contribution >= 0.6 is 0 Å². The number of aromatic amines is 1. The Morgan fingerprint density at radius 2 is 1.77 bits per heavy atom. The molecule has 1 amide bonds. The number of hydrogen-bond donors (Lipinski definition) is 2. The van der Waals surface area contributed by atoms with Crippen molar-refractivity contribution in [1.29, 1.82) is 5.26 Å². The van der Waals surface area contributed by atoms with Gasteiger partial charge in [-0.25, -0.2) is 19.3 Å². The van der Waals surface area contributed by atoms with Gasteiger partial charge in [-0.05, 0) is 47.5 Å². The van der Waals surface area contributed by atoms with Crippen LogP contribution in [0, 0.1) is 17.1 Å². The number of alkyl halides is 3. The summed E-state index contributed by atoms with van der Waals surface area (Å²) in [6.45, 7) is 0. The zero-order valence-electron chi connectivity index (χ0n) is 20.7. The average molecular weight is 546 g/mol. The van der Waals surface area contributed by atoms with E-state index in [9.17, 15) is 22.4 Å². The van der Waals surface area contributed by atoms with Crippen molar-refractivity contribution < 1.29 is 27.1 Å². The van der Waals surface area contributed by atoms with Crippen molar-refractivity contribution in [1.82, 2.24) is 19.9 Å². The Hall–Kier alpha value is -5.31. The maximum atomic E-state index is 14.9. The van der Waals surface area contributed by atoms with Gasteiger partial charge >= 0.3 is 6.18 Å². The number of amides is 1. The highest BCUT2D eigenvalue weighted by Gasteiger charge is 2.35. The molecule has 0 aliphatic heterocycles. The van der Waals surface area contributed by atoms with Gasteiger partial charge in [0.1, 0.15) is 28.8 Å². The molecule has 0 bridgehead atoms. The maximum Gasteiger partial charge on any atom is 0.421 e. The molecule has 0 saturated heterocycles. The molecule has 4 aromatic heterocycles. The van der Waals surface area contributed by atoms with E-state index >= 15 is 0 Å². The molecule has 1 aromatic carbocycles. The molecule has 40 heavy (non-hydrogen) atoms. The highest BCUT2D eigenvalue weighted by Crippen LogP contribution is 2.36. The molecule has 0 aliphatic rings. The second kappa shape index (κ2) is 10.5. The number of anilines is 1. The standard InChI is InChI=1S/C28H18F4N6O2/c1-40-27-22(28(30,31)32)10-21(14-36-27)37-25(39)9-16-3-2-15(7-23(16)29)19-6-18-8-24(38-26(18)35-13-19)17-4-5-20(11-33)34-12-17/h2-8,10,12-14H,9H2,1H3,(H,35,38)(H,37,39). The molecule has 2 N–H and O–H groups in total. The molecule has 200 valence electrons. The van der Waals surface area contributed by atoms with E-state index in [1.54, 1.807) is 30.6 Å². The predicted molar refractivity (Wildman–Crippen MR) is 138 cm³/mol. The summed E-state index contributed by atoms with van der Waals surface area (Å²) in [7, 11) is 1.06. The topological polar surface area (TPSA) is 117 Å². The molecule has 5 aromatic rings. The van der Waals surface area contributed by atoms with Crippen molar-refractivity contribution >= 4 is 22.6 Å². The van der Waals surface area contributed by atoms with E-state index in [0.29, 0.717) is 28.5 Å². The molecule has 12 heteroatoms. The molecule has 0 saturated carbocycles. The van der Waals surface area contributed by atoms with Gasteiger partial charge in [0.2, 0.25) is 11.8 Å². The lowest BCUT2D eigenvalue weighted by Gasteiger charge is -2.13. The normalized spacial score (nSPS) is 11.3. The number of carbonyl (C=O) groups is 1. The molecule has 0 fully saturated rings. The zero-order valence-corrected chi connectivity index (χ0v) is 20.7. The van der Waals surface area contributed by atoms with Gasteiger partial charge in [0.25, 0.3) is 0 Å². The number of halogens is 4. The molecular weight excluding hydrogens is 528 g/mol. The largest absolute Gasteiger partial charge is 0.481 e. The second-order valence-electron chi connectivity index (χ2n) is 8.70. The number of hydrogen-bond acceptors (Lipinski definition) is 6. The summed E-state index contributed by atoms with van der Waals surface area (Å²) >= 11 is 0. The van der Waals surface area contributed by atoms with Crippen LogP contribution in [0.5, 0.6) is 5.88 Å². The first-order valence-electron chi connectivity index (χ1n) is 11.7. The van der Waals surface area contributed by atoms with Gasteiger partial charge < -0.3 is 15.0 Å². The van der Waals surface area contributed by atoms with E-state index in [0.717, 1.165) is 30.0 Å². The number of methoxy groups -OCH3 is 1. The molecule has 0 unspecified atom stereocenters. The predicted octanol–water partition coefficient (Wildman–Crippen LogP) is 5.91. The Morgan fingerprint density at radius 3 is 2.45 bits per heavy atom. The summed E-state index contributed by atoms with van der Waals surface area (Å²) < 4.78 is 59.2. The molecule has 0 atom stereocenters. The summed E-state index contributed by atoms with van der Waals surface area (Å²) in [5, 5.41) is 12.0. The first-order valence-corrected chi connectivity index (χ1v) is 11.7. The number of benzene rings is 1. The van der Waals surface area contributed by atoms with E-state index in [2.05, 4.69) is 30.0 Å². The van der Waals surface area contributed by atoms with Crippen molar-refractivity contribution in [3.8, 4) is 34.3 Å². The SMILES string of the molecule is COc1ncc(NC(=O)Cc2ccc(-c3cnc4[nH]c(-c5ccc(C#N)nc5)cc4c3)cc2F)cc1C(F)(F)F. The zero-order chi connectivity index (χ0) is 28.4. The molecule has 0 aliphatic carbocycles. The Bertz CT molecular complexity index is 1780. The van der Waals surface area contributed by atoms with Gasteiger partial charge in [-0.1, -0.05) is 12.1 Å². The smallest absolute Gasteiger partial charge is 0.421 e. The highest BCUT2D eigenvalue weighted by molar-refractivity contribution is 5.92. The number of aromatic nitrogens is 4. The second-order valence-corrected chi connectivity index (χ2v) is 8.70. The fraction of sp³-hybridized carbons (Fsp3) is 0.107. The van der Waals surface area contributed by atoms with Crippen LogP contribution in [0.3, 0.4) is 0 Å². The first-order chi connectivity index (χ1) is 19.1. The van der Waals surface area contributed by atoms with Crippen molar-refractivity contribution in [3.05, 3.63) is 89.8 Å². The minimum Gasteiger partial charge on any atom is -0.481 e. The third-order valence-electron chi connectivity index (χ3n) is 6.03. The van der Waals surface area contributed by atoms with E-state index in [4.69, 9.17) is 5.26 Å². The lowest BCUT2D eigenvalue weighted by Crippen LogP contribution is -2.17. The third-order valence-corrected chi connectivity index (χ3v) is 6.03. The Morgan fingerprint density at radius 1 is 1.00 bits per heavy atom. The van der Waals surface area contributed by atoms with Crippen LogP contribution in [-0.2, 0) is 17.4 Å². The maximum absolute atomic E-state index is 14.9. The molecular formula is C28H18F4N6O2. The van der Waals surface area contributed by atoms with Crippen molar-refractivity contribution in [2.24, 2.45) is 0 Å². The van der Waals surface area contributed by atoms with Crippen LogP contribution in [0.1, 0.15) is 16.8 Å². The average Bonchev–Trinajstić information content (AvgIpc) is 3.37. The Labute approximate surface area is 224 Å². The fourth-order valence-electron chi connectivity index (χ4n) is 4.08. The summed E-state index contributed by atoms with van der Waals surface area (Å²) in [6, 6.07) is 14.1. The first kappa shape index (κ1) is 26.3. The van der Waals surface area contributed by atoms with Crippen LogP contribution in [0.2, 0.25) is 0 Å². The van der Waals surface area contributed by atoms with Crippen LogP contribution < -0.4 is 10.1 Å². The minimum atomic E-state index is -4.73. The fourth-order valence-corrected chi connectivity index (χ4v) is 4.08. The van der Waals surface area contributed by atoms with Gasteiger partial charge in [0.05, 0.1) is 25.4 Å². The van der Waals surface area contributed by atoms with Crippen LogP contribution in [0.25, 0.3) is 33.4 Å². The van der Waals surface area contributed by atoms with Crippen molar-refractivity contribution in [2.45, 2.75) is 12.6 Å². The van der Waals surface area contributed by atoms with Crippen molar-refractivity contribution in [3.63, 3.8) is 0 Å². The summed E-state index contributed by atoms with van der Waals surface area (Å²) in [6.07, 6.45) is -0.957. The summed E-state index contributed by atoms with van der Waals surface area (Å²) in [4.78, 5) is 27.7. The molecule has 8 nitrogen and oxygen atoms in total. The molecule has 4 heterocycles. The quantitative estimate of drug-likeness (QED) is 0.256. The van der Waals surface area contributed by atoms with E-state index in [-0.39, 0.29) is 11.3 Å². The number of rotatable bonds is 6. The summed E-state index contributed by atoms with van der Waals surface area (Å²) in [5.74, 6) is -2.00. The number of carbonyl (C=O) groups excluding carboxylic acids is 1. The van der Waals surface area contributed by atoms with Gasteiger partial charge in [-0.3, -0.25) is 4.79 Å². The van der Waals surface area contributed by atoms with E-state index in [1.807, 2.05) is 18.2 Å². The van der Waals surface area contributed by atoms with Gasteiger partial charge in [0.15, 0.2) is 0 Å². The number of fused-ring (bicyclic) bond motifs is 1. The number of pyridine rings is 3. The van der Waals surface area contributed by atoms with Gasteiger partial charge in [-0.15, -0.1) is 0 Å². The number of nitrogens with zero attached hydrogens (tertiary/aromatic N) is 4. The van der Waals surface area contributed by atoms with Gasteiger partial charge in [-0.2, -0.15) is 18.4 Å².